The number of nitroso groups, excluding NO2 is 2. The molecule has 0 saturated carbocycles. The summed E-state index contributed by atoms with van der Waals surface area (Å²) >= 11 is 0. The predicted octanol–water partition coefficient (Wildman–Crippen LogP) is 0.0238. The van der Waals surface area contributed by atoms with E-state index in [1.54, 1.807) is 0 Å². The summed E-state index contributed by atoms with van der Waals surface area (Å²) in [5, 5.41) is 7.15. The summed E-state index contributed by atoms with van der Waals surface area (Å²) < 4.78 is 0. The Morgan fingerprint density at radius 2 is 1.57 bits per heavy atom. The number of hydrogen-bond donors (Lipinski definition) is 1. The van der Waals surface area contributed by atoms with Crippen molar-refractivity contribution in [2.45, 2.75) is 0 Å². The Labute approximate surface area is 40.0 Å². The summed E-state index contributed by atoms with van der Waals surface area (Å²) in [4.78, 5) is 18.4. The van der Waals surface area contributed by atoms with E-state index in [9.17, 15) is 9.81 Å². The van der Waals surface area contributed by atoms with Crippen LogP contribution in [0.25, 0.3) is 0 Å². The predicted molar refractivity (Wildman–Crippen MR) is 24.5 cm³/mol. The van der Waals surface area contributed by atoms with Crippen molar-refractivity contribution in [3.8, 4) is 0 Å². The average molecular weight is 103 g/mol. The lowest BCUT2D eigenvalue weighted by molar-refractivity contribution is 0.720. The number of rotatable bonds is 4. The normalized spacial score (nSPS) is 8.00. The third-order valence-electron chi connectivity index (χ3n) is 0.353. The van der Waals surface area contributed by atoms with Crippen LogP contribution >= 0.6 is 0 Å². The first-order chi connectivity index (χ1) is 3.41. The second-order valence-electron chi connectivity index (χ2n) is 0.824. The molecule has 0 atom stereocenters. The Bertz CT molecular complexity index is 56.0. The van der Waals surface area contributed by atoms with Gasteiger partial charge in [0.05, 0.1) is 0 Å². The van der Waals surface area contributed by atoms with Gasteiger partial charge < -0.3 is 0 Å². The molecule has 0 aliphatic rings. The minimum atomic E-state index is -0.0499. The fourth-order valence-electron chi connectivity index (χ4n) is 0.141. The molecule has 5 nitrogen and oxygen atoms in total. The molecule has 0 radical (unpaired) electrons. The van der Waals surface area contributed by atoms with E-state index in [0.717, 1.165) is 0 Å². The van der Waals surface area contributed by atoms with Crippen molar-refractivity contribution < 1.29 is 0 Å². The lowest BCUT2D eigenvalue weighted by Crippen LogP contribution is -2.11. The molecule has 0 amide bonds. The van der Waals surface area contributed by atoms with E-state index in [4.69, 9.17) is 0 Å². The maximum absolute atomic E-state index is 9.22. The van der Waals surface area contributed by atoms with Crippen LogP contribution in [0.2, 0.25) is 0 Å². The first-order valence-corrected chi connectivity index (χ1v) is 1.70. The van der Waals surface area contributed by atoms with E-state index in [0.29, 0.717) is 0 Å². The fraction of sp³-hybridized carbons (Fsp3) is 1.00. The maximum atomic E-state index is 9.22. The summed E-state index contributed by atoms with van der Waals surface area (Å²) in [5.41, 5.74) is 0. The van der Waals surface area contributed by atoms with Crippen LogP contribution in [0.5, 0.6) is 0 Å². The minimum absolute atomic E-state index is 0.0499. The molecule has 0 aromatic carbocycles. The van der Waals surface area contributed by atoms with Gasteiger partial charge in [0, 0.05) is 0 Å². The molecule has 0 bridgehead atoms. The third kappa shape index (κ3) is 5.16. The fourth-order valence-corrected chi connectivity index (χ4v) is 0.141. The van der Waals surface area contributed by atoms with Gasteiger partial charge >= 0.3 is 0 Å². The highest BCUT2D eigenvalue weighted by Crippen LogP contribution is 1.59. The standard InChI is InChI=1S/C2H5N3O2/c6-4-1-3-2-5-7/h3H,1-2H2. The Hall–Kier alpha value is -0.840. The van der Waals surface area contributed by atoms with Crippen LogP contribution in [-0.2, 0) is 0 Å². The van der Waals surface area contributed by atoms with Crippen molar-refractivity contribution in [1.82, 2.24) is 5.32 Å². The highest BCUT2D eigenvalue weighted by molar-refractivity contribution is 4.37. The molecule has 0 fully saturated rings. The van der Waals surface area contributed by atoms with E-state index in [1.807, 2.05) is 0 Å². The topological polar surface area (TPSA) is 70.9 Å². The van der Waals surface area contributed by atoms with Crippen LogP contribution in [0.3, 0.4) is 0 Å². The lowest BCUT2D eigenvalue weighted by Gasteiger charge is -1.83. The molecule has 0 aliphatic heterocycles. The highest BCUT2D eigenvalue weighted by atomic mass is 16.3. The molecule has 0 unspecified atom stereocenters. The van der Waals surface area contributed by atoms with Gasteiger partial charge in [0.25, 0.3) is 0 Å². The van der Waals surface area contributed by atoms with E-state index >= 15 is 0 Å². The van der Waals surface area contributed by atoms with Crippen molar-refractivity contribution in [3.05, 3.63) is 9.81 Å². The smallest absolute Gasteiger partial charge is 0.133 e. The van der Waals surface area contributed by atoms with Gasteiger partial charge in [-0.05, 0) is 0 Å². The summed E-state index contributed by atoms with van der Waals surface area (Å²) in [7, 11) is 0. The second kappa shape index (κ2) is 5.16. The van der Waals surface area contributed by atoms with Crippen LogP contribution in [0, 0.1) is 9.81 Å². The van der Waals surface area contributed by atoms with Gasteiger partial charge in [0.1, 0.15) is 13.3 Å². The van der Waals surface area contributed by atoms with E-state index < -0.39 is 0 Å². The SMILES string of the molecule is O=NCNCN=O. The molecule has 0 aliphatic carbocycles. The molecule has 7 heavy (non-hydrogen) atoms. The van der Waals surface area contributed by atoms with Crippen molar-refractivity contribution in [2.24, 2.45) is 10.4 Å². The van der Waals surface area contributed by atoms with Gasteiger partial charge in [-0.2, -0.15) is 0 Å². The molecule has 0 spiro atoms. The Morgan fingerprint density at radius 1 is 1.14 bits per heavy atom. The largest absolute Gasteiger partial charge is 0.273 e. The summed E-state index contributed by atoms with van der Waals surface area (Å²) in [5.74, 6) is 0. The van der Waals surface area contributed by atoms with Gasteiger partial charge in [-0.15, -0.1) is 9.81 Å². The first-order valence-electron chi connectivity index (χ1n) is 1.70. The highest BCUT2D eigenvalue weighted by Gasteiger charge is 1.76. The summed E-state index contributed by atoms with van der Waals surface area (Å²) in [6, 6.07) is 0. The zero-order chi connectivity index (χ0) is 5.54. The monoisotopic (exact) mass is 103 g/mol. The van der Waals surface area contributed by atoms with Crippen LogP contribution in [0.4, 0.5) is 0 Å². The number of hydrogen-bond acceptors (Lipinski definition) is 5. The quantitative estimate of drug-likeness (QED) is 0.403. The average Bonchev–Trinajstić information content (AvgIpc) is 1.69. The van der Waals surface area contributed by atoms with Crippen LogP contribution in [-0.4, -0.2) is 13.3 Å². The minimum Gasteiger partial charge on any atom is -0.273 e. The van der Waals surface area contributed by atoms with Crippen molar-refractivity contribution >= 4 is 0 Å². The van der Waals surface area contributed by atoms with Crippen molar-refractivity contribution in [2.75, 3.05) is 13.3 Å². The van der Waals surface area contributed by atoms with Crippen LogP contribution in [0.1, 0.15) is 0 Å². The molecular formula is C2H5N3O2. The van der Waals surface area contributed by atoms with E-state index in [-0.39, 0.29) is 13.3 Å². The molecule has 40 valence electrons. The Morgan fingerprint density at radius 3 is 1.86 bits per heavy atom. The molecule has 0 heterocycles. The van der Waals surface area contributed by atoms with Gasteiger partial charge in [0.2, 0.25) is 0 Å². The molecule has 1 N–H and O–H groups in total. The number of nitrogens with one attached hydrogen (secondary N) is 1. The Kier molecular flexibility index (Phi) is 4.54. The van der Waals surface area contributed by atoms with Crippen molar-refractivity contribution in [1.29, 1.82) is 0 Å². The van der Waals surface area contributed by atoms with E-state index in [2.05, 4.69) is 15.7 Å². The second-order valence-corrected chi connectivity index (χ2v) is 0.824. The molecule has 0 aromatic rings. The van der Waals surface area contributed by atoms with Gasteiger partial charge in [-0.25, -0.2) is 0 Å². The molecule has 0 rings (SSSR count). The Balaban J connectivity index is 2.68. The summed E-state index contributed by atoms with van der Waals surface area (Å²) in [6.45, 7) is -0.0997. The molecular weight excluding hydrogens is 98.0 g/mol. The van der Waals surface area contributed by atoms with Gasteiger partial charge in [-0.1, -0.05) is 10.4 Å². The van der Waals surface area contributed by atoms with E-state index in [1.165, 1.54) is 0 Å². The maximum Gasteiger partial charge on any atom is 0.133 e. The zero-order valence-electron chi connectivity index (χ0n) is 3.63. The van der Waals surface area contributed by atoms with Gasteiger partial charge in [0.15, 0.2) is 0 Å². The number of nitrogens with zero attached hydrogens (tertiary/aromatic N) is 2. The van der Waals surface area contributed by atoms with Crippen LogP contribution in [0.15, 0.2) is 10.4 Å². The molecule has 0 saturated heterocycles. The third-order valence-corrected chi connectivity index (χ3v) is 0.353. The van der Waals surface area contributed by atoms with Crippen molar-refractivity contribution in [3.63, 3.8) is 0 Å². The first kappa shape index (κ1) is 6.16. The zero-order valence-corrected chi connectivity index (χ0v) is 3.63. The van der Waals surface area contributed by atoms with Gasteiger partial charge in [-0.3, -0.25) is 5.32 Å². The molecule has 0 aromatic heterocycles. The molecule has 5 heteroatoms. The lowest BCUT2D eigenvalue weighted by atomic mass is 11.0. The van der Waals surface area contributed by atoms with Crippen LogP contribution < -0.4 is 5.32 Å². The summed E-state index contributed by atoms with van der Waals surface area (Å²) in [6.07, 6.45) is 0.